The minimum absolute atomic E-state index is 0.581. The molecule has 0 aromatic carbocycles. The molecule has 2 rings (SSSR count). The first-order valence-electron chi connectivity index (χ1n) is 6.34. The summed E-state index contributed by atoms with van der Waals surface area (Å²) in [6, 6.07) is 4.80. The van der Waals surface area contributed by atoms with Gasteiger partial charge in [-0.2, -0.15) is 11.8 Å². The second-order valence-corrected chi connectivity index (χ2v) is 6.69. The number of rotatable bonds is 4. The number of hydrogen-bond donors (Lipinski definition) is 2. The van der Waals surface area contributed by atoms with Gasteiger partial charge >= 0.3 is 0 Å². The summed E-state index contributed by atoms with van der Waals surface area (Å²) in [5, 5.41) is 9.82. The maximum atomic E-state index is 4.29. The third-order valence-corrected chi connectivity index (χ3v) is 5.26. The first kappa shape index (κ1) is 13.7. The molecule has 0 spiro atoms. The molecule has 1 aliphatic carbocycles. The second-order valence-electron chi connectivity index (χ2n) is 4.52. The van der Waals surface area contributed by atoms with Crippen LogP contribution in [0.4, 0.5) is 0 Å². The fraction of sp³-hybridized carbons (Fsp3) is 0.615. The van der Waals surface area contributed by atoms with Gasteiger partial charge < -0.3 is 10.6 Å². The van der Waals surface area contributed by atoms with Crippen LogP contribution in [0.5, 0.6) is 0 Å². The Balaban J connectivity index is 1.76. The highest BCUT2D eigenvalue weighted by Crippen LogP contribution is 2.27. The fourth-order valence-electron chi connectivity index (χ4n) is 2.26. The fourth-order valence-corrected chi connectivity index (χ4v) is 3.70. The Labute approximate surface area is 117 Å². The maximum absolute atomic E-state index is 4.29. The van der Waals surface area contributed by atoms with Crippen molar-refractivity contribution in [2.45, 2.75) is 37.1 Å². The lowest BCUT2D eigenvalue weighted by molar-refractivity contribution is 0.615. The van der Waals surface area contributed by atoms with Crippen molar-refractivity contribution in [1.82, 2.24) is 10.6 Å². The molecule has 5 heteroatoms. The van der Waals surface area contributed by atoms with Crippen LogP contribution in [0.15, 0.2) is 22.5 Å². The van der Waals surface area contributed by atoms with Crippen LogP contribution in [-0.2, 0) is 6.54 Å². The first-order valence-corrected chi connectivity index (χ1v) is 8.51. The first-order chi connectivity index (χ1) is 8.81. The lowest BCUT2D eigenvalue weighted by Crippen LogP contribution is -2.42. The number of hydrogen-bond acceptors (Lipinski definition) is 3. The molecule has 1 aromatic rings. The van der Waals surface area contributed by atoms with Crippen molar-refractivity contribution in [3.05, 3.63) is 22.4 Å². The van der Waals surface area contributed by atoms with E-state index in [2.05, 4.69) is 39.4 Å². The molecule has 0 radical (unpaired) electrons. The number of guanidine groups is 1. The predicted octanol–water partition coefficient (Wildman–Crippen LogP) is 2.70. The molecule has 1 aromatic heterocycles. The molecular weight excluding hydrogens is 262 g/mol. The van der Waals surface area contributed by atoms with Gasteiger partial charge in [0.25, 0.3) is 0 Å². The molecule has 1 fully saturated rings. The van der Waals surface area contributed by atoms with Crippen LogP contribution in [0.2, 0.25) is 0 Å². The van der Waals surface area contributed by atoms with Crippen molar-refractivity contribution >= 4 is 29.1 Å². The normalized spacial score (nSPS) is 24.2. The molecule has 0 bridgehead atoms. The minimum atomic E-state index is 0.581. The highest BCUT2D eigenvalue weighted by Gasteiger charge is 2.24. The summed E-state index contributed by atoms with van der Waals surface area (Å²) < 4.78 is 0. The van der Waals surface area contributed by atoms with E-state index in [0.717, 1.165) is 17.8 Å². The third-order valence-electron chi connectivity index (χ3n) is 3.29. The predicted molar refractivity (Wildman–Crippen MR) is 82.6 cm³/mol. The van der Waals surface area contributed by atoms with E-state index in [0.29, 0.717) is 6.04 Å². The van der Waals surface area contributed by atoms with Gasteiger partial charge in [-0.25, -0.2) is 0 Å². The van der Waals surface area contributed by atoms with Gasteiger partial charge in [-0.3, -0.25) is 4.99 Å². The van der Waals surface area contributed by atoms with Gasteiger partial charge in [0, 0.05) is 23.2 Å². The summed E-state index contributed by atoms with van der Waals surface area (Å²) >= 11 is 3.76. The van der Waals surface area contributed by atoms with Gasteiger partial charge in [0.1, 0.15) is 0 Å². The minimum Gasteiger partial charge on any atom is -0.354 e. The van der Waals surface area contributed by atoms with Crippen LogP contribution in [0.1, 0.15) is 24.1 Å². The maximum Gasteiger partial charge on any atom is 0.191 e. The van der Waals surface area contributed by atoms with E-state index in [9.17, 15) is 0 Å². The lowest BCUT2D eigenvalue weighted by atomic mass is 10.2. The van der Waals surface area contributed by atoms with Crippen molar-refractivity contribution in [1.29, 1.82) is 0 Å². The molecular formula is C13H21N3S2. The van der Waals surface area contributed by atoms with E-state index in [1.165, 1.54) is 24.1 Å². The molecule has 100 valence electrons. The SMILES string of the molecule is CN=C(NCc1cccs1)NC1CCC(SC)C1. The quantitative estimate of drug-likeness (QED) is 0.659. The molecule has 2 atom stereocenters. The van der Waals surface area contributed by atoms with E-state index < -0.39 is 0 Å². The molecule has 0 saturated heterocycles. The van der Waals surface area contributed by atoms with Gasteiger partial charge in [-0.1, -0.05) is 6.07 Å². The number of nitrogens with zero attached hydrogens (tertiary/aromatic N) is 1. The smallest absolute Gasteiger partial charge is 0.191 e. The van der Waals surface area contributed by atoms with Crippen molar-refractivity contribution in [2.24, 2.45) is 4.99 Å². The molecule has 0 aliphatic heterocycles. The molecule has 2 unspecified atom stereocenters. The van der Waals surface area contributed by atoms with E-state index in [1.807, 2.05) is 18.8 Å². The summed E-state index contributed by atoms with van der Waals surface area (Å²) in [7, 11) is 1.84. The van der Waals surface area contributed by atoms with Crippen molar-refractivity contribution in [3.8, 4) is 0 Å². The zero-order chi connectivity index (χ0) is 12.8. The van der Waals surface area contributed by atoms with Crippen LogP contribution in [-0.4, -0.2) is 30.6 Å². The van der Waals surface area contributed by atoms with Gasteiger partial charge in [-0.05, 0) is 37.0 Å². The van der Waals surface area contributed by atoms with Gasteiger partial charge in [0.15, 0.2) is 5.96 Å². The summed E-state index contributed by atoms with van der Waals surface area (Å²) in [6.07, 6.45) is 6.03. The Kier molecular flexibility index (Phi) is 5.38. The van der Waals surface area contributed by atoms with Crippen LogP contribution >= 0.6 is 23.1 Å². The van der Waals surface area contributed by atoms with Crippen molar-refractivity contribution < 1.29 is 0 Å². The summed E-state index contributed by atoms with van der Waals surface area (Å²) in [5.41, 5.74) is 0. The molecule has 2 N–H and O–H groups in total. The largest absolute Gasteiger partial charge is 0.354 e. The van der Waals surface area contributed by atoms with Crippen LogP contribution < -0.4 is 10.6 Å². The Morgan fingerprint density at radius 2 is 2.44 bits per heavy atom. The van der Waals surface area contributed by atoms with E-state index in [1.54, 1.807) is 11.3 Å². The van der Waals surface area contributed by atoms with E-state index in [4.69, 9.17) is 0 Å². The number of nitrogens with one attached hydrogen (secondary N) is 2. The van der Waals surface area contributed by atoms with Crippen LogP contribution in [0.25, 0.3) is 0 Å². The van der Waals surface area contributed by atoms with Crippen LogP contribution in [0.3, 0.4) is 0 Å². The molecule has 0 amide bonds. The molecule has 1 saturated carbocycles. The number of thiophene rings is 1. The van der Waals surface area contributed by atoms with Crippen molar-refractivity contribution in [2.75, 3.05) is 13.3 Å². The summed E-state index contributed by atoms with van der Waals surface area (Å²) in [4.78, 5) is 5.63. The average molecular weight is 283 g/mol. The lowest BCUT2D eigenvalue weighted by Gasteiger charge is -2.17. The highest BCUT2D eigenvalue weighted by atomic mass is 32.2. The van der Waals surface area contributed by atoms with Crippen molar-refractivity contribution in [3.63, 3.8) is 0 Å². The second kappa shape index (κ2) is 7.04. The Bertz CT molecular complexity index is 376. The van der Waals surface area contributed by atoms with Crippen LogP contribution in [0, 0.1) is 0 Å². The molecule has 18 heavy (non-hydrogen) atoms. The van der Waals surface area contributed by atoms with Gasteiger partial charge in [0.05, 0.1) is 6.54 Å². The Morgan fingerprint density at radius 1 is 1.56 bits per heavy atom. The zero-order valence-corrected chi connectivity index (χ0v) is 12.6. The van der Waals surface area contributed by atoms with E-state index in [-0.39, 0.29) is 0 Å². The molecule has 1 heterocycles. The highest BCUT2D eigenvalue weighted by molar-refractivity contribution is 7.99. The monoisotopic (exact) mass is 283 g/mol. The third kappa shape index (κ3) is 3.92. The molecule has 1 aliphatic rings. The zero-order valence-electron chi connectivity index (χ0n) is 11.0. The molecule has 3 nitrogen and oxygen atoms in total. The average Bonchev–Trinajstić information content (AvgIpc) is 3.05. The standard InChI is InChI=1S/C13H21N3S2/c1-14-13(15-9-12-4-3-7-18-12)16-10-5-6-11(8-10)17-2/h3-4,7,10-11H,5-6,8-9H2,1-2H3,(H2,14,15,16). The number of thioether (sulfide) groups is 1. The number of aliphatic imine (C=N–C) groups is 1. The Hall–Kier alpha value is -0.680. The van der Waals surface area contributed by atoms with Gasteiger partial charge in [0.2, 0.25) is 0 Å². The topological polar surface area (TPSA) is 36.4 Å². The summed E-state index contributed by atoms with van der Waals surface area (Å²) in [5.74, 6) is 0.926. The summed E-state index contributed by atoms with van der Waals surface area (Å²) in [6.45, 7) is 0.857. The van der Waals surface area contributed by atoms with Gasteiger partial charge in [-0.15, -0.1) is 11.3 Å². The van der Waals surface area contributed by atoms with E-state index >= 15 is 0 Å². The Morgan fingerprint density at radius 3 is 3.06 bits per heavy atom.